The molecule has 0 aliphatic carbocycles. The van der Waals surface area contributed by atoms with E-state index in [1.165, 1.54) is 14.0 Å². The zero-order valence-electron chi connectivity index (χ0n) is 11.5. The SMILES string of the molecule is CCOC(=O)c1cc(OC)c(OC(C)=O)cc1C(F)(F)F. The summed E-state index contributed by atoms with van der Waals surface area (Å²) in [4.78, 5) is 22.5. The van der Waals surface area contributed by atoms with Crippen LogP contribution in [0.2, 0.25) is 0 Å². The number of alkyl halides is 3. The topological polar surface area (TPSA) is 61.8 Å². The molecule has 0 saturated heterocycles. The Kier molecular flexibility index (Phi) is 5.17. The van der Waals surface area contributed by atoms with Gasteiger partial charge in [0.25, 0.3) is 0 Å². The smallest absolute Gasteiger partial charge is 0.417 e. The molecule has 0 saturated carbocycles. The first-order valence-corrected chi connectivity index (χ1v) is 5.85. The molecule has 21 heavy (non-hydrogen) atoms. The standard InChI is InChI=1S/C13H13F3O5/c1-4-20-12(18)8-5-10(19-3)11(21-7(2)17)6-9(8)13(14,15)16/h5-6H,4H2,1-3H3. The number of methoxy groups -OCH3 is 1. The van der Waals surface area contributed by atoms with Crippen molar-refractivity contribution in [1.29, 1.82) is 0 Å². The fourth-order valence-corrected chi connectivity index (χ4v) is 1.57. The maximum atomic E-state index is 13.0. The summed E-state index contributed by atoms with van der Waals surface area (Å²) in [6, 6.07) is 1.37. The van der Waals surface area contributed by atoms with Crippen molar-refractivity contribution in [2.45, 2.75) is 20.0 Å². The van der Waals surface area contributed by atoms with E-state index in [9.17, 15) is 22.8 Å². The fraction of sp³-hybridized carbons (Fsp3) is 0.385. The Labute approximate surface area is 118 Å². The van der Waals surface area contributed by atoms with Gasteiger partial charge in [-0.05, 0) is 19.1 Å². The highest BCUT2D eigenvalue weighted by molar-refractivity contribution is 5.92. The van der Waals surface area contributed by atoms with Crippen LogP contribution in [-0.4, -0.2) is 25.7 Å². The monoisotopic (exact) mass is 306 g/mol. The van der Waals surface area contributed by atoms with Gasteiger partial charge in [-0.2, -0.15) is 13.2 Å². The first-order chi connectivity index (χ1) is 9.70. The predicted molar refractivity (Wildman–Crippen MR) is 65.3 cm³/mol. The molecule has 0 heterocycles. The molecule has 0 aliphatic heterocycles. The molecular weight excluding hydrogens is 293 g/mol. The summed E-state index contributed by atoms with van der Waals surface area (Å²) in [6.45, 7) is 2.42. The molecule has 1 aromatic rings. The summed E-state index contributed by atoms with van der Waals surface area (Å²) < 4.78 is 53.1. The third-order valence-corrected chi connectivity index (χ3v) is 2.36. The molecule has 116 valence electrons. The number of carbonyl (C=O) groups excluding carboxylic acids is 2. The van der Waals surface area contributed by atoms with Crippen LogP contribution in [-0.2, 0) is 15.7 Å². The molecule has 0 bridgehead atoms. The Morgan fingerprint density at radius 2 is 1.81 bits per heavy atom. The van der Waals surface area contributed by atoms with Crippen LogP contribution in [0.15, 0.2) is 12.1 Å². The van der Waals surface area contributed by atoms with Crippen molar-refractivity contribution in [3.05, 3.63) is 23.3 Å². The lowest BCUT2D eigenvalue weighted by molar-refractivity contribution is -0.139. The van der Waals surface area contributed by atoms with Crippen molar-refractivity contribution in [3.63, 3.8) is 0 Å². The number of esters is 2. The molecule has 1 rings (SSSR count). The van der Waals surface area contributed by atoms with E-state index in [2.05, 4.69) is 9.47 Å². The molecule has 0 unspecified atom stereocenters. The number of benzene rings is 1. The summed E-state index contributed by atoms with van der Waals surface area (Å²) in [5, 5.41) is 0. The number of rotatable bonds is 4. The average molecular weight is 306 g/mol. The number of halogens is 3. The normalized spacial score (nSPS) is 11.0. The van der Waals surface area contributed by atoms with Gasteiger partial charge in [0.1, 0.15) is 0 Å². The molecule has 0 aromatic heterocycles. The zero-order chi connectivity index (χ0) is 16.2. The molecule has 0 aliphatic rings. The Hall–Kier alpha value is -2.25. The number of hydrogen-bond acceptors (Lipinski definition) is 5. The van der Waals surface area contributed by atoms with Gasteiger partial charge in [0.15, 0.2) is 11.5 Å². The highest BCUT2D eigenvalue weighted by atomic mass is 19.4. The van der Waals surface area contributed by atoms with Crippen LogP contribution in [0.25, 0.3) is 0 Å². The van der Waals surface area contributed by atoms with Gasteiger partial charge in [0.05, 0.1) is 24.8 Å². The molecule has 5 nitrogen and oxygen atoms in total. The summed E-state index contributed by atoms with van der Waals surface area (Å²) >= 11 is 0. The van der Waals surface area contributed by atoms with Gasteiger partial charge in [-0.25, -0.2) is 4.79 Å². The van der Waals surface area contributed by atoms with E-state index < -0.39 is 35.0 Å². The molecule has 1 aromatic carbocycles. The molecule has 0 N–H and O–H groups in total. The van der Waals surface area contributed by atoms with Crippen molar-refractivity contribution in [2.24, 2.45) is 0 Å². The van der Waals surface area contributed by atoms with Crippen molar-refractivity contribution in [3.8, 4) is 11.5 Å². The molecule has 0 fully saturated rings. The first kappa shape index (κ1) is 16.8. The summed E-state index contributed by atoms with van der Waals surface area (Å²) in [5.41, 5.74) is -1.98. The van der Waals surface area contributed by atoms with Gasteiger partial charge in [0, 0.05) is 6.92 Å². The van der Waals surface area contributed by atoms with E-state index in [-0.39, 0.29) is 12.4 Å². The van der Waals surface area contributed by atoms with Crippen LogP contribution < -0.4 is 9.47 Å². The third-order valence-electron chi connectivity index (χ3n) is 2.36. The Bertz CT molecular complexity index is 551. The van der Waals surface area contributed by atoms with Crippen molar-refractivity contribution in [2.75, 3.05) is 13.7 Å². The van der Waals surface area contributed by atoms with Crippen LogP contribution in [0.1, 0.15) is 29.8 Å². The molecule has 0 amide bonds. The molecule has 0 atom stereocenters. The van der Waals surface area contributed by atoms with E-state index in [0.717, 1.165) is 13.0 Å². The van der Waals surface area contributed by atoms with Gasteiger partial charge in [-0.3, -0.25) is 4.79 Å². The highest BCUT2D eigenvalue weighted by Crippen LogP contribution is 2.39. The van der Waals surface area contributed by atoms with Crippen molar-refractivity contribution in [1.82, 2.24) is 0 Å². The minimum Gasteiger partial charge on any atom is -0.493 e. The number of ether oxygens (including phenoxy) is 3. The average Bonchev–Trinajstić information content (AvgIpc) is 2.36. The van der Waals surface area contributed by atoms with Crippen LogP contribution in [0.4, 0.5) is 13.2 Å². The quantitative estimate of drug-likeness (QED) is 0.632. The second-order valence-electron chi connectivity index (χ2n) is 3.86. The van der Waals surface area contributed by atoms with E-state index in [1.54, 1.807) is 0 Å². The maximum absolute atomic E-state index is 13.0. The van der Waals surface area contributed by atoms with Crippen LogP contribution in [0.5, 0.6) is 11.5 Å². The Morgan fingerprint density at radius 1 is 1.19 bits per heavy atom. The second kappa shape index (κ2) is 6.47. The van der Waals surface area contributed by atoms with Gasteiger partial charge in [-0.15, -0.1) is 0 Å². The van der Waals surface area contributed by atoms with Crippen LogP contribution >= 0.6 is 0 Å². The van der Waals surface area contributed by atoms with Crippen LogP contribution in [0, 0.1) is 0 Å². The molecule has 0 spiro atoms. The lowest BCUT2D eigenvalue weighted by Gasteiger charge is -2.16. The van der Waals surface area contributed by atoms with Gasteiger partial charge in [0.2, 0.25) is 0 Å². The second-order valence-corrected chi connectivity index (χ2v) is 3.86. The Balaban J connectivity index is 3.48. The molecule has 8 heteroatoms. The minimum absolute atomic E-state index is 0.0792. The lowest BCUT2D eigenvalue weighted by Crippen LogP contribution is -2.16. The fourth-order valence-electron chi connectivity index (χ4n) is 1.57. The summed E-state index contributed by atoms with van der Waals surface area (Å²) in [7, 11) is 1.17. The van der Waals surface area contributed by atoms with E-state index >= 15 is 0 Å². The zero-order valence-corrected chi connectivity index (χ0v) is 11.5. The number of hydrogen-bond donors (Lipinski definition) is 0. The Morgan fingerprint density at radius 3 is 2.24 bits per heavy atom. The first-order valence-electron chi connectivity index (χ1n) is 5.85. The van der Waals surface area contributed by atoms with E-state index in [0.29, 0.717) is 6.07 Å². The van der Waals surface area contributed by atoms with Crippen LogP contribution in [0.3, 0.4) is 0 Å². The molecular formula is C13H13F3O5. The van der Waals surface area contributed by atoms with E-state index in [1.807, 2.05) is 0 Å². The molecule has 0 radical (unpaired) electrons. The van der Waals surface area contributed by atoms with Gasteiger partial charge < -0.3 is 14.2 Å². The summed E-state index contributed by atoms with van der Waals surface area (Å²) in [5.74, 6) is -2.56. The van der Waals surface area contributed by atoms with Crippen molar-refractivity contribution >= 4 is 11.9 Å². The van der Waals surface area contributed by atoms with Gasteiger partial charge >= 0.3 is 18.1 Å². The minimum atomic E-state index is -4.82. The third kappa shape index (κ3) is 4.11. The number of carbonyl (C=O) groups is 2. The maximum Gasteiger partial charge on any atom is 0.417 e. The highest BCUT2D eigenvalue weighted by Gasteiger charge is 2.37. The largest absolute Gasteiger partial charge is 0.493 e. The van der Waals surface area contributed by atoms with E-state index in [4.69, 9.17) is 4.74 Å². The van der Waals surface area contributed by atoms with Crippen molar-refractivity contribution < 1.29 is 37.0 Å². The van der Waals surface area contributed by atoms with Gasteiger partial charge in [-0.1, -0.05) is 0 Å². The lowest BCUT2D eigenvalue weighted by atomic mass is 10.1. The summed E-state index contributed by atoms with van der Waals surface area (Å²) in [6.07, 6.45) is -4.82. The predicted octanol–water partition coefficient (Wildman–Crippen LogP) is 2.82.